The third-order valence-electron chi connectivity index (χ3n) is 2.18. The molecule has 0 spiro atoms. The second-order valence-electron chi connectivity index (χ2n) is 5.02. The van der Waals surface area contributed by atoms with Crippen LogP contribution in [0.3, 0.4) is 0 Å². The van der Waals surface area contributed by atoms with Crippen molar-refractivity contribution >= 4 is 0 Å². The normalized spacial score (nSPS) is 13.5. The number of hydrogen-bond acceptors (Lipinski definition) is 4. The first kappa shape index (κ1) is 13.8. The summed E-state index contributed by atoms with van der Waals surface area (Å²) in [6.07, 6.45) is -0.630. The number of ether oxygens (including phenoxy) is 1. The zero-order valence-corrected chi connectivity index (χ0v) is 10.8. The minimum absolute atomic E-state index is 0.0487. The highest BCUT2D eigenvalue weighted by atomic mass is 16.5. The standard InChI is InChI=1S/C13H21NO3/c1-13(2,3)17-12-6-5-9(7-10(12)15)11(16)8-14-4/h5-7,11,14-16H,8H2,1-4H3/t11-/m0/s1. The Bertz CT molecular complexity index is 371. The van der Waals surface area contributed by atoms with Crippen LogP contribution in [0.2, 0.25) is 0 Å². The summed E-state index contributed by atoms with van der Waals surface area (Å²) in [5.41, 5.74) is 0.306. The van der Waals surface area contributed by atoms with Crippen LogP contribution in [0.5, 0.6) is 11.5 Å². The molecule has 0 radical (unpaired) electrons. The number of likely N-dealkylation sites (N-methyl/N-ethyl adjacent to an activating group) is 1. The molecule has 0 saturated carbocycles. The number of aliphatic hydroxyl groups excluding tert-OH is 1. The van der Waals surface area contributed by atoms with E-state index >= 15 is 0 Å². The van der Waals surface area contributed by atoms with Gasteiger partial charge in [-0.25, -0.2) is 0 Å². The van der Waals surface area contributed by atoms with Gasteiger partial charge >= 0.3 is 0 Å². The number of hydrogen-bond donors (Lipinski definition) is 3. The first-order valence-corrected chi connectivity index (χ1v) is 5.68. The van der Waals surface area contributed by atoms with E-state index in [1.165, 1.54) is 6.07 Å². The highest BCUT2D eigenvalue weighted by molar-refractivity contribution is 5.42. The monoisotopic (exact) mass is 239 g/mol. The van der Waals surface area contributed by atoms with Crippen LogP contribution < -0.4 is 10.1 Å². The highest BCUT2D eigenvalue weighted by Crippen LogP contribution is 2.31. The number of aromatic hydroxyl groups is 1. The van der Waals surface area contributed by atoms with E-state index in [0.29, 0.717) is 17.9 Å². The van der Waals surface area contributed by atoms with Gasteiger partial charge in [0.2, 0.25) is 0 Å². The van der Waals surface area contributed by atoms with Gasteiger partial charge in [0.25, 0.3) is 0 Å². The summed E-state index contributed by atoms with van der Waals surface area (Å²) in [6, 6.07) is 4.96. The van der Waals surface area contributed by atoms with Crippen LogP contribution in [-0.2, 0) is 0 Å². The van der Waals surface area contributed by atoms with Crippen LogP contribution in [0.4, 0.5) is 0 Å². The molecule has 0 bridgehead atoms. The number of aliphatic hydroxyl groups is 1. The fourth-order valence-corrected chi connectivity index (χ4v) is 1.47. The van der Waals surface area contributed by atoms with Gasteiger partial charge < -0.3 is 20.3 Å². The van der Waals surface area contributed by atoms with Gasteiger partial charge in [-0.2, -0.15) is 0 Å². The molecule has 1 atom stereocenters. The fraction of sp³-hybridized carbons (Fsp3) is 0.538. The third kappa shape index (κ3) is 4.24. The summed E-state index contributed by atoms with van der Waals surface area (Å²) in [7, 11) is 1.76. The van der Waals surface area contributed by atoms with Gasteiger partial charge in [-0.15, -0.1) is 0 Å². The Morgan fingerprint density at radius 2 is 2.00 bits per heavy atom. The van der Waals surface area contributed by atoms with Gasteiger partial charge in [0, 0.05) is 6.54 Å². The van der Waals surface area contributed by atoms with Gasteiger partial charge in [-0.1, -0.05) is 6.07 Å². The summed E-state index contributed by atoms with van der Waals surface area (Å²) in [4.78, 5) is 0. The first-order chi connectivity index (χ1) is 7.83. The van der Waals surface area contributed by atoms with Crippen LogP contribution in [0.25, 0.3) is 0 Å². The molecule has 0 amide bonds. The van der Waals surface area contributed by atoms with E-state index in [1.807, 2.05) is 20.8 Å². The Morgan fingerprint density at radius 1 is 1.35 bits per heavy atom. The SMILES string of the molecule is CNC[C@H](O)c1ccc(OC(C)(C)C)c(O)c1. The first-order valence-electron chi connectivity index (χ1n) is 5.68. The van der Waals surface area contributed by atoms with Gasteiger partial charge in [0.1, 0.15) is 5.60 Å². The van der Waals surface area contributed by atoms with Crippen LogP contribution in [0, 0.1) is 0 Å². The Morgan fingerprint density at radius 3 is 2.47 bits per heavy atom. The van der Waals surface area contributed by atoms with E-state index in [9.17, 15) is 10.2 Å². The summed E-state index contributed by atoms with van der Waals surface area (Å²) in [5, 5.41) is 22.4. The molecule has 4 nitrogen and oxygen atoms in total. The van der Waals surface area contributed by atoms with E-state index in [2.05, 4.69) is 5.32 Å². The van der Waals surface area contributed by atoms with Crippen molar-refractivity contribution < 1.29 is 14.9 Å². The van der Waals surface area contributed by atoms with E-state index in [4.69, 9.17) is 4.74 Å². The summed E-state index contributed by atoms with van der Waals surface area (Å²) in [5.74, 6) is 0.477. The van der Waals surface area contributed by atoms with Crippen molar-refractivity contribution in [3.8, 4) is 11.5 Å². The van der Waals surface area contributed by atoms with Crippen molar-refractivity contribution in [3.05, 3.63) is 23.8 Å². The minimum atomic E-state index is -0.630. The summed E-state index contributed by atoms with van der Waals surface area (Å²) >= 11 is 0. The molecule has 0 aromatic heterocycles. The molecule has 0 fully saturated rings. The van der Waals surface area contributed by atoms with Crippen molar-refractivity contribution in [2.75, 3.05) is 13.6 Å². The maximum atomic E-state index is 9.82. The highest BCUT2D eigenvalue weighted by Gasteiger charge is 2.16. The molecule has 0 saturated heterocycles. The van der Waals surface area contributed by atoms with E-state index in [0.717, 1.165) is 0 Å². The van der Waals surface area contributed by atoms with Crippen LogP contribution in [0.1, 0.15) is 32.4 Å². The molecule has 0 aliphatic rings. The average Bonchev–Trinajstić information content (AvgIpc) is 2.19. The van der Waals surface area contributed by atoms with Crippen LogP contribution in [0.15, 0.2) is 18.2 Å². The van der Waals surface area contributed by atoms with Gasteiger partial charge in [-0.3, -0.25) is 0 Å². The maximum absolute atomic E-state index is 9.82. The lowest BCUT2D eigenvalue weighted by Gasteiger charge is -2.22. The Kier molecular flexibility index (Phi) is 4.37. The van der Waals surface area contributed by atoms with Crippen LogP contribution in [-0.4, -0.2) is 29.4 Å². The predicted molar refractivity (Wildman–Crippen MR) is 67.4 cm³/mol. The average molecular weight is 239 g/mol. The molecule has 3 N–H and O–H groups in total. The Hall–Kier alpha value is -1.26. The molecule has 0 aliphatic heterocycles. The minimum Gasteiger partial charge on any atom is -0.504 e. The zero-order chi connectivity index (χ0) is 13.1. The Labute approximate surface area is 102 Å². The number of phenolic OH excluding ortho intramolecular Hbond substituents is 1. The van der Waals surface area contributed by atoms with Crippen molar-refractivity contribution in [2.45, 2.75) is 32.5 Å². The number of phenols is 1. The molecule has 0 unspecified atom stereocenters. The lowest BCUT2D eigenvalue weighted by Crippen LogP contribution is -2.23. The number of benzene rings is 1. The molecule has 4 heteroatoms. The quantitative estimate of drug-likeness (QED) is 0.750. The number of nitrogens with one attached hydrogen (secondary N) is 1. The lowest BCUT2D eigenvalue weighted by atomic mass is 10.1. The molecule has 17 heavy (non-hydrogen) atoms. The van der Waals surface area contributed by atoms with E-state index in [-0.39, 0.29) is 11.4 Å². The fourth-order valence-electron chi connectivity index (χ4n) is 1.47. The van der Waals surface area contributed by atoms with Crippen LogP contribution >= 0.6 is 0 Å². The predicted octanol–water partition coefficient (Wildman–Crippen LogP) is 1.82. The second-order valence-corrected chi connectivity index (χ2v) is 5.02. The molecule has 1 aromatic rings. The topological polar surface area (TPSA) is 61.7 Å². The molecule has 0 aliphatic carbocycles. The smallest absolute Gasteiger partial charge is 0.161 e. The van der Waals surface area contributed by atoms with Crippen molar-refractivity contribution in [3.63, 3.8) is 0 Å². The lowest BCUT2D eigenvalue weighted by molar-refractivity contribution is 0.125. The molecule has 1 rings (SSSR count). The largest absolute Gasteiger partial charge is 0.504 e. The molecule has 96 valence electrons. The number of rotatable bonds is 4. The van der Waals surface area contributed by atoms with Crippen molar-refractivity contribution in [1.29, 1.82) is 0 Å². The van der Waals surface area contributed by atoms with Crippen molar-refractivity contribution in [2.24, 2.45) is 0 Å². The summed E-state index contributed by atoms with van der Waals surface area (Å²) < 4.78 is 5.58. The van der Waals surface area contributed by atoms with Gasteiger partial charge in [0.05, 0.1) is 6.10 Å². The maximum Gasteiger partial charge on any atom is 0.161 e. The molecular weight excluding hydrogens is 218 g/mol. The van der Waals surface area contributed by atoms with E-state index in [1.54, 1.807) is 19.2 Å². The molecule has 1 aromatic carbocycles. The summed E-state index contributed by atoms with van der Waals surface area (Å²) in [6.45, 7) is 6.18. The third-order valence-corrected chi connectivity index (χ3v) is 2.18. The molecular formula is C13H21NO3. The van der Waals surface area contributed by atoms with Gasteiger partial charge in [0.15, 0.2) is 11.5 Å². The Balaban J connectivity index is 2.86. The molecule has 0 heterocycles. The van der Waals surface area contributed by atoms with Gasteiger partial charge in [-0.05, 0) is 45.5 Å². The van der Waals surface area contributed by atoms with E-state index < -0.39 is 6.10 Å². The van der Waals surface area contributed by atoms with Crippen molar-refractivity contribution in [1.82, 2.24) is 5.32 Å². The zero-order valence-electron chi connectivity index (χ0n) is 10.8. The second kappa shape index (κ2) is 5.38.